The Morgan fingerprint density at radius 2 is 2.12 bits per heavy atom. The third kappa shape index (κ3) is 5.10. The first-order valence-corrected chi connectivity index (χ1v) is 9.77. The molecule has 0 aliphatic carbocycles. The fourth-order valence-electron chi connectivity index (χ4n) is 2.06. The Kier molecular flexibility index (Phi) is 6.86. The molecule has 1 amide bonds. The summed E-state index contributed by atoms with van der Waals surface area (Å²) >= 11 is 2.81. The number of carbonyl (C=O) groups is 2. The van der Waals surface area contributed by atoms with E-state index in [1.165, 1.54) is 30.4 Å². The molecule has 6 nitrogen and oxygen atoms in total. The van der Waals surface area contributed by atoms with Gasteiger partial charge in [-0.15, -0.1) is 16.9 Å². The molecule has 1 aromatic heterocycles. The van der Waals surface area contributed by atoms with Gasteiger partial charge < -0.3 is 5.32 Å². The number of aryl methyl sites for hydroxylation is 1. The van der Waals surface area contributed by atoms with Gasteiger partial charge in [-0.3, -0.25) is 14.7 Å². The fourth-order valence-corrected chi connectivity index (χ4v) is 3.36. The van der Waals surface area contributed by atoms with Crippen molar-refractivity contribution in [3.8, 4) is 0 Å². The molecule has 0 aliphatic heterocycles. The van der Waals surface area contributed by atoms with Gasteiger partial charge in [0.25, 0.3) is 0 Å². The van der Waals surface area contributed by atoms with Gasteiger partial charge in [-0.25, -0.2) is 4.98 Å². The minimum atomic E-state index is -0.132. The average Bonchev–Trinajstić information content (AvgIpc) is 3.00. The van der Waals surface area contributed by atoms with Crippen LogP contribution in [0.4, 0.5) is 5.69 Å². The maximum atomic E-state index is 12.4. The van der Waals surface area contributed by atoms with Crippen LogP contribution >= 0.6 is 23.5 Å². The molecule has 0 aliphatic rings. The van der Waals surface area contributed by atoms with Crippen molar-refractivity contribution in [1.29, 1.82) is 0 Å². The number of hydrogen-bond donors (Lipinski definition) is 2. The highest BCUT2D eigenvalue weighted by Gasteiger charge is 2.12. The molecular weight excluding hydrogens is 344 g/mol. The number of rotatable bonds is 8. The van der Waals surface area contributed by atoms with Crippen molar-refractivity contribution in [2.24, 2.45) is 0 Å². The predicted molar refractivity (Wildman–Crippen MR) is 98.0 cm³/mol. The third-order valence-corrected chi connectivity index (χ3v) is 4.79. The number of benzene rings is 1. The average molecular weight is 364 g/mol. The molecule has 0 saturated carbocycles. The summed E-state index contributed by atoms with van der Waals surface area (Å²) < 4.78 is 0. The van der Waals surface area contributed by atoms with Gasteiger partial charge in [-0.2, -0.15) is 0 Å². The molecule has 0 fully saturated rings. The van der Waals surface area contributed by atoms with Crippen LogP contribution in [-0.2, 0) is 11.2 Å². The van der Waals surface area contributed by atoms with Crippen LogP contribution in [0.2, 0.25) is 0 Å². The number of aromatic amines is 1. The van der Waals surface area contributed by atoms with E-state index in [9.17, 15) is 9.59 Å². The van der Waals surface area contributed by atoms with Crippen molar-refractivity contribution in [3.63, 3.8) is 0 Å². The standard InChI is InChI=1S/C16H20N4O2S2/c1-4-5-15-18-16(20-19-15)24-9-13(22)11-6-7-12(17-10(2)21)14(8-11)23-3/h6-8H,4-5,9H2,1-3H3,(H,17,21)(H,18,19,20). The molecule has 0 spiro atoms. The van der Waals surface area contributed by atoms with Gasteiger partial charge in [0, 0.05) is 23.8 Å². The zero-order valence-electron chi connectivity index (χ0n) is 13.9. The molecule has 1 aromatic carbocycles. The Balaban J connectivity index is 2.02. The van der Waals surface area contributed by atoms with Gasteiger partial charge in [0.05, 0.1) is 11.4 Å². The summed E-state index contributed by atoms with van der Waals surface area (Å²) in [5, 5.41) is 10.3. The number of aromatic nitrogens is 3. The summed E-state index contributed by atoms with van der Waals surface area (Å²) in [5.74, 6) is 0.993. The largest absolute Gasteiger partial charge is 0.325 e. The van der Waals surface area contributed by atoms with Gasteiger partial charge >= 0.3 is 0 Å². The second-order valence-corrected chi connectivity index (χ2v) is 6.91. The van der Waals surface area contributed by atoms with Crippen LogP contribution < -0.4 is 5.32 Å². The first kappa shape index (κ1) is 18.5. The van der Waals surface area contributed by atoms with Crippen LogP contribution in [0.15, 0.2) is 28.3 Å². The maximum absolute atomic E-state index is 12.4. The number of nitrogens with zero attached hydrogens (tertiary/aromatic N) is 2. The minimum Gasteiger partial charge on any atom is -0.325 e. The van der Waals surface area contributed by atoms with Crippen LogP contribution in [-0.4, -0.2) is 38.9 Å². The Morgan fingerprint density at radius 1 is 1.33 bits per heavy atom. The normalized spacial score (nSPS) is 10.6. The van der Waals surface area contributed by atoms with Gasteiger partial charge in [0.2, 0.25) is 11.1 Å². The molecule has 2 aromatic rings. The Labute approximate surface area is 149 Å². The molecule has 128 valence electrons. The van der Waals surface area contributed by atoms with E-state index < -0.39 is 0 Å². The molecule has 24 heavy (non-hydrogen) atoms. The van der Waals surface area contributed by atoms with Crippen LogP contribution in [0.1, 0.15) is 36.5 Å². The van der Waals surface area contributed by atoms with Crippen LogP contribution in [0.5, 0.6) is 0 Å². The van der Waals surface area contributed by atoms with Crippen molar-refractivity contribution < 1.29 is 9.59 Å². The fraction of sp³-hybridized carbons (Fsp3) is 0.375. The lowest BCUT2D eigenvalue weighted by Crippen LogP contribution is -2.08. The summed E-state index contributed by atoms with van der Waals surface area (Å²) in [6, 6.07) is 5.30. The van der Waals surface area contributed by atoms with Gasteiger partial charge in [0.15, 0.2) is 5.78 Å². The molecular formula is C16H20N4O2S2. The zero-order valence-corrected chi connectivity index (χ0v) is 15.5. The van der Waals surface area contributed by atoms with E-state index in [1.54, 1.807) is 18.2 Å². The van der Waals surface area contributed by atoms with E-state index in [-0.39, 0.29) is 17.4 Å². The van der Waals surface area contributed by atoms with Crippen molar-refractivity contribution >= 4 is 40.9 Å². The number of nitrogens with one attached hydrogen (secondary N) is 2. The van der Waals surface area contributed by atoms with E-state index in [0.29, 0.717) is 10.7 Å². The number of ketones is 1. The van der Waals surface area contributed by atoms with Crippen molar-refractivity contribution in [3.05, 3.63) is 29.6 Å². The first-order valence-electron chi connectivity index (χ1n) is 7.56. The molecule has 2 rings (SSSR count). The van der Waals surface area contributed by atoms with E-state index in [2.05, 4.69) is 27.4 Å². The van der Waals surface area contributed by atoms with Crippen molar-refractivity contribution in [1.82, 2.24) is 15.2 Å². The molecule has 0 bridgehead atoms. The number of Topliss-reactive ketones (excluding diaryl/α,β-unsaturated/α-hetero) is 1. The Bertz CT molecular complexity index is 731. The smallest absolute Gasteiger partial charge is 0.221 e. The second-order valence-electron chi connectivity index (χ2n) is 5.12. The Hall–Kier alpha value is -1.80. The third-order valence-electron chi connectivity index (χ3n) is 3.16. The summed E-state index contributed by atoms with van der Waals surface area (Å²) in [6.45, 7) is 3.54. The van der Waals surface area contributed by atoms with Gasteiger partial charge in [0.1, 0.15) is 5.82 Å². The highest BCUT2D eigenvalue weighted by Crippen LogP contribution is 2.27. The Morgan fingerprint density at radius 3 is 2.79 bits per heavy atom. The highest BCUT2D eigenvalue weighted by atomic mass is 32.2. The number of carbonyl (C=O) groups excluding carboxylic acids is 2. The van der Waals surface area contributed by atoms with Crippen LogP contribution in [0.25, 0.3) is 0 Å². The first-order chi connectivity index (χ1) is 11.5. The second kappa shape index (κ2) is 8.89. The molecule has 2 N–H and O–H groups in total. The molecule has 0 saturated heterocycles. The van der Waals surface area contributed by atoms with E-state index in [0.717, 1.165) is 29.2 Å². The van der Waals surface area contributed by atoms with Crippen molar-refractivity contribution in [2.45, 2.75) is 36.7 Å². The number of hydrogen-bond acceptors (Lipinski definition) is 6. The molecule has 0 atom stereocenters. The van der Waals surface area contributed by atoms with Crippen molar-refractivity contribution in [2.75, 3.05) is 17.3 Å². The number of thioether (sulfide) groups is 2. The van der Waals surface area contributed by atoms with Crippen LogP contribution in [0, 0.1) is 0 Å². The maximum Gasteiger partial charge on any atom is 0.221 e. The number of anilines is 1. The van der Waals surface area contributed by atoms with Crippen LogP contribution in [0.3, 0.4) is 0 Å². The highest BCUT2D eigenvalue weighted by molar-refractivity contribution is 7.99. The van der Waals surface area contributed by atoms with E-state index >= 15 is 0 Å². The monoisotopic (exact) mass is 364 g/mol. The summed E-state index contributed by atoms with van der Waals surface area (Å²) in [4.78, 5) is 28.8. The topological polar surface area (TPSA) is 87.7 Å². The van der Waals surface area contributed by atoms with Gasteiger partial charge in [-0.1, -0.05) is 18.7 Å². The summed E-state index contributed by atoms with van der Waals surface area (Å²) in [7, 11) is 0. The molecule has 1 heterocycles. The number of amides is 1. The lowest BCUT2D eigenvalue weighted by atomic mass is 10.1. The molecule has 0 unspecified atom stereocenters. The predicted octanol–water partition coefficient (Wildman–Crippen LogP) is 3.41. The lowest BCUT2D eigenvalue weighted by Gasteiger charge is -2.09. The zero-order chi connectivity index (χ0) is 17.5. The van der Waals surface area contributed by atoms with Gasteiger partial charge in [-0.05, 0) is 30.9 Å². The van der Waals surface area contributed by atoms with E-state index in [4.69, 9.17) is 0 Å². The molecule has 8 heteroatoms. The quantitative estimate of drug-likeness (QED) is 0.551. The summed E-state index contributed by atoms with van der Waals surface area (Å²) in [6.07, 6.45) is 3.76. The summed E-state index contributed by atoms with van der Waals surface area (Å²) in [5.41, 5.74) is 1.34. The SMILES string of the molecule is CCCc1nc(SCC(=O)c2ccc(NC(C)=O)c(SC)c2)n[nH]1. The van der Waals surface area contributed by atoms with E-state index in [1.807, 2.05) is 6.26 Å². The number of H-pyrrole nitrogens is 1. The molecule has 0 radical (unpaired) electrons. The minimum absolute atomic E-state index is 0.00603. The lowest BCUT2D eigenvalue weighted by molar-refractivity contribution is -0.114.